The van der Waals surface area contributed by atoms with Gasteiger partial charge in [0.2, 0.25) is 0 Å². The lowest BCUT2D eigenvalue weighted by Gasteiger charge is -2.09. The Kier molecular flexibility index (Phi) is 3.65. The number of fused-ring (bicyclic) bond motifs is 1. The lowest BCUT2D eigenvalue weighted by atomic mass is 10.2. The van der Waals surface area contributed by atoms with Crippen LogP contribution < -0.4 is 5.32 Å². The van der Waals surface area contributed by atoms with Crippen molar-refractivity contribution in [3.05, 3.63) is 70.6 Å². The molecule has 0 fully saturated rings. The maximum absolute atomic E-state index is 13.7. The summed E-state index contributed by atoms with van der Waals surface area (Å²) in [6, 6.07) is 14.8. The van der Waals surface area contributed by atoms with Crippen LogP contribution >= 0.6 is 15.9 Å². The molecule has 1 heterocycles. The van der Waals surface area contributed by atoms with Gasteiger partial charge in [-0.05, 0) is 42.5 Å². The lowest BCUT2D eigenvalue weighted by Crippen LogP contribution is -2.01. The molecule has 1 N–H and O–H groups in total. The van der Waals surface area contributed by atoms with Gasteiger partial charge in [0.1, 0.15) is 5.82 Å². The molecule has 3 aromatic rings. The largest absolute Gasteiger partial charge is 0.381 e. The zero-order chi connectivity index (χ0) is 13.9. The molecule has 0 bridgehead atoms. The van der Waals surface area contributed by atoms with Crippen LogP contribution in [-0.2, 0) is 6.54 Å². The molecule has 1 aromatic heterocycles. The number of pyridine rings is 1. The van der Waals surface area contributed by atoms with Gasteiger partial charge >= 0.3 is 0 Å². The zero-order valence-electron chi connectivity index (χ0n) is 10.6. The van der Waals surface area contributed by atoms with E-state index in [1.807, 2.05) is 30.3 Å². The van der Waals surface area contributed by atoms with Crippen LogP contribution in [0, 0.1) is 5.82 Å². The first-order valence-corrected chi connectivity index (χ1v) is 7.04. The fourth-order valence-electron chi connectivity index (χ4n) is 2.06. The molecule has 100 valence electrons. The molecular formula is C16H12BrFN2. The summed E-state index contributed by atoms with van der Waals surface area (Å²) in [6.45, 7) is 0.442. The normalized spacial score (nSPS) is 10.7. The molecule has 0 saturated carbocycles. The number of aromatic nitrogens is 1. The summed E-state index contributed by atoms with van der Waals surface area (Å²) in [6.07, 6.45) is 1.77. The highest BCUT2D eigenvalue weighted by Gasteiger charge is 2.03. The quantitative estimate of drug-likeness (QED) is 0.749. The van der Waals surface area contributed by atoms with Crippen molar-refractivity contribution in [3.8, 4) is 0 Å². The molecule has 0 aliphatic rings. The molecular weight excluding hydrogens is 319 g/mol. The van der Waals surface area contributed by atoms with E-state index in [9.17, 15) is 4.39 Å². The van der Waals surface area contributed by atoms with Crippen LogP contribution in [0.5, 0.6) is 0 Å². The van der Waals surface area contributed by atoms with Crippen molar-refractivity contribution in [1.82, 2.24) is 4.98 Å². The summed E-state index contributed by atoms with van der Waals surface area (Å²) in [5.41, 5.74) is 2.53. The van der Waals surface area contributed by atoms with E-state index >= 15 is 0 Å². The maximum atomic E-state index is 13.7. The van der Waals surface area contributed by atoms with E-state index in [0.29, 0.717) is 12.1 Å². The molecule has 2 nitrogen and oxygen atoms in total. The first-order valence-electron chi connectivity index (χ1n) is 6.25. The first kappa shape index (κ1) is 13.1. The van der Waals surface area contributed by atoms with Gasteiger partial charge in [-0.1, -0.05) is 22.0 Å². The molecule has 3 rings (SSSR count). The Morgan fingerprint density at radius 1 is 1.10 bits per heavy atom. The van der Waals surface area contributed by atoms with Crippen molar-refractivity contribution < 1.29 is 4.39 Å². The molecule has 0 aliphatic heterocycles. The topological polar surface area (TPSA) is 24.9 Å². The van der Waals surface area contributed by atoms with Crippen LogP contribution in [0.15, 0.2) is 59.2 Å². The highest BCUT2D eigenvalue weighted by molar-refractivity contribution is 9.10. The number of halogens is 2. The third-order valence-electron chi connectivity index (χ3n) is 3.09. The van der Waals surface area contributed by atoms with Crippen molar-refractivity contribution in [2.45, 2.75) is 6.54 Å². The van der Waals surface area contributed by atoms with Crippen LogP contribution in [0.1, 0.15) is 5.56 Å². The molecule has 0 radical (unpaired) electrons. The molecule has 2 aromatic carbocycles. The second-order valence-corrected chi connectivity index (χ2v) is 5.42. The number of nitrogens with one attached hydrogen (secondary N) is 1. The van der Waals surface area contributed by atoms with Gasteiger partial charge in [0.15, 0.2) is 0 Å². The van der Waals surface area contributed by atoms with E-state index in [1.165, 1.54) is 6.07 Å². The van der Waals surface area contributed by atoms with E-state index in [0.717, 1.165) is 21.1 Å². The number of rotatable bonds is 3. The Labute approximate surface area is 124 Å². The minimum atomic E-state index is -0.205. The monoisotopic (exact) mass is 330 g/mol. The SMILES string of the molecule is Fc1ccc(Br)cc1CNc1ccc2ncccc2c1. The van der Waals surface area contributed by atoms with Crippen molar-refractivity contribution in [2.75, 3.05) is 5.32 Å². The van der Waals surface area contributed by atoms with E-state index in [4.69, 9.17) is 0 Å². The van der Waals surface area contributed by atoms with E-state index in [1.54, 1.807) is 18.3 Å². The van der Waals surface area contributed by atoms with Gasteiger partial charge in [0.05, 0.1) is 5.52 Å². The van der Waals surface area contributed by atoms with Crippen LogP contribution in [0.2, 0.25) is 0 Å². The molecule has 0 unspecified atom stereocenters. The molecule has 0 spiro atoms. The summed E-state index contributed by atoms with van der Waals surface area (Å²) in [4.78, 5) is 4.27. The minimum Gasteiger partial charge on any atom is -0.381 e. The molecule has 0 saturated heterocycles. The molecule has 4 heteroatoms. The van der Waals surface area contributed by atoms with Crippen molar-refractivity contribution in [3.63, 3.8) is 0 Å². The Bertz CT molecular complexity index is 758. The Hall–Kier alpha value is -1.94. The van der Waals surface area contributed by atoms with Gasteiger partial charge in [0.25, 0.3) is 0 Å². The smallest absolute Gasteiger partial charge is 0.128 e. The van der Waals surface area contributed by atoms with Gasteiger partial charge in [-0.15, -0.1) is 0 Å². The molecule has 0 atom stereocenters. The van der Waals surface area contributed by atoms with Crippen LogP contribution in [0.4, 0.5) is 10.1 Å². The molecule has 0 amide bonds. The average Bonchev–Trinajstić information content (AvgIpc) is 2.48. The maximum Gasteiger partial charge on any atom is 0.128 e. The highest BCUT2D eigenvalue weighted by atomic mass is 79.9. The van der Waals surface area contributed by atoms with Gasteiger partial charge in [0, 0.05) is 33.9 Å². The van der Waals surface area contributed by atoms with Crippen molar-refractivity contribution in [1.29, 1.82) is 0 Å². The predicted molar refractivity (Wildman–Crippen MR) is 83.2 cm³/mol. The number of hydrogen-bond donors (Lipinski definition) is 1. The van der Waals surface area contributed by atoms with Crippen molar-refractivity contribution in [2.24, 2.45) is 0 Å². The number of benzene rings is 2. The van der Waals surface area contributed by atoms with Gasteiger partial charge in [-0.25, -0.2) is 4.39 Å². The Morgan fingerprint density at radius 3 is 2.90 bits per heavy atom. The molecule has 20 heavy (non-hydrogen) atoms. The van der Waals surface area contributed by atoms with Gasteiger partial charge < -0.3 is 5.32 Å². The molecule has 0 aliphatic carbocycles. The predicted octanol–water partition coefficient (Wildman–Crippen LogP) is 4.75. The van der Waals surface area contributed by atoms with Crippen LogP contribution in [0.25, 0.3) is 10.9 Å². The summed E-state index contributed by atoms with van der Waals surface area (Å²) < 4.78 is 14.5. The highest BCUT2D eigenvalue weighted by Crippen LogP contribution is 2.20. The number of hydrogen-bond acceptors (Lipinski definition) is 2. The van der Waals surface area contributed by atoms with E-state index in [2.05, 4.69) is 26.2 Å². The van der Waals surface area contributed by atoms with E-state index in [-0.39, 0.29) is 5.82 Å². The van der Waals surface area contributed by atoms with Crippen LogP contribution in [0.3, 0.4) is 0 Å². The number of anilines is 1. The summed E-state index contributed by atoms with van der Waals surface area (Å²) in [7, 11) is 0. The van der Waals surface area contributed by atoms with E-state index < -0.39 is 0 Å². The summed E-state index contributed by atoms with van der Waals surface area (Å²) in [5, 5.41) is 4.29. The Morgan fingerprint density at radius 2 is 2.00 bits per heavy atom. The van der Waals surface area contributed by atoms with Crippen molar-refractivity contribution >= 4 is 32.5 Å². The lowest BCUT2D eigenvalue weighted by molar-refractivity contribution is 0.612. The summed E-state index contributed by atoms with van der Waals surface area (Å²) in [5.74, 6) is -0.205. The fourth-order valence-corrected chi connectivity index (χ4v) is 2.47. The second kappa shape index (κ2) is 5.59. The zero-order valence-corrected chi connectivity index (χ0v) is 12.2. The average molecular weight is 331 g/mol. The first-order chi connectivity index (χ1) is 9.72. The summed E-state index contributed by atoms with van der Waals surface area (Å²) >= 11 is 3.35. The third-order valence-corrected chi connectivity index (χ3v) is 3.59. The second-order valence-electron chi connectivity index (χ2n) is 4.50. The van der Waals surface area contributed by atoms with Gasteiger partial charge in [-0.2, -0.15) is 0 Å². The third kappa shape index (κ3) is 2.80. The van der Waals surface area contributed by atoms with Crippen LogP contribution in [-0.4, -0.2) is 4.98 Å². The minimum absolute atomic E-state index is 0.205. The standard InChI is InChI=1S/C16H12BrFN2/c17-13-3-5-15(18)12(8-13)10-20-14-4-6-16-11(9-14)2-1-7-19-16/h1-9,20H,10H2. The number of nitrogens with zero attached hydrogens (tertiary/aromatic N) is 1. The fraction of sp³-hybridized carbons (Fsp3) is 0.0625. The van der Waals surface area contributed by atoms with Gasteiger partial charge in [-0.3, -0.25) is 4.98 Å². The Balaban J connectivity index is 1.81.